The first-order chi connectivity index (χ1) is 14.6. The molecule has 2 heterocycles. The van der Waals surface area contributed by atoms with Crippen molar-refractivity contribution in [2.24, 2.45) is 4.99 Å². The Morgan fingerprint density at radius 1 is 1.20 bits per heavy atom. The standard InChI is InChI=1S/C23H19N3O2S2/c1-3-13-26-21(28)20(15(2)16-9-11-18(27)12-10-16)30-23(26)25-22-24-19(14-29-22)17-7-5-4-6-8-17/h3-12,14,27H,1,13H2,2H3/b20-15-,25-23+. The zero-order valence-electron chi connectivity index (χ0n) is 16.3. The number of thioether (sulfide) groups is 1. The smallest absolute Gasteiger partial charge is 0.267 e. The number of carbonyl (C=O) groups excluding carboxylic acids is 1. The molecule has 0 radical (unpaired) electrons. The summed E-state index contributed by atoms with van der Waals surface area (Å²) in [4.78, 5) is 24.6. The van der Waals surface area contributed by atoms with Crippen molar-refractivity contribution in [1.82, 2.24) is 9.88 Å². The van der Waals surface area contributed by atoms with E-state index in [0.717, 1.165) is 22.4 Å². The van der Waals surface area contributed by atoms with E-state index >= 15 is 0 Å². The number of phenolic OH excluding ortho intramolecular Hbond substituents is 1. The van der Waals surface area contributed by atoms with Gasteiger partial charge in [0.05, 0.1) is 10.6 Å². The molecule has 1 saturated heterocycles. The number of amides is 1. The Morgan fingerprint density at radius 2 is 1.93 bits per heavy atom. The van der Waals surface area contributed by atoms with Crippen molar-refractivity contribution in [1.29, 1.82) is 0 Å². The lowest BCUT2D eigenvalue weighted by Crippen LogP contribution is -2.29. The van der Waals surface area contributed by atoms with E-state index in [0.29, 0.717) is 21.7 Å². The number of benzene rings is 2. The maximum Gasteiger partial charge on any atom is 0.267 e. The molecule has 1 aliphatic heterocycles. The van der Waals surface area contributed by atoms with Crippen LogP contribution in [0, 0.1) is 0 Å². The molecule has 0 atom stereocenters. The van der Waals surface area contributed by atoms with Crippen LogP contribution in [0.15, 0.2) is 82.5 Å². The van der Waals surface area contributed by atoms with Crippen LogP contribution in [-0.4, -0.2) is 32.6 Å². The molecule has 5 nitrogen and oxygen atoms in total. The van der Waals surface area contributed by atoms with Crippen LogP contribution < -0.4 is 0 Å². The number of hydrogen-bond donors (Lipinski definition) is 1. The predicted molar refractivity (Wildman–Crippen MR) is 125 cm³/mol. The molecular formula is C23H19N3O2S2. The molecule has 1 aliphatic rings. The lowest BCUT2D eigenvalue weighted by molar-refractivity contribution is -0.121. The first-order valence-electron chi connectivity index (χ1n) is 9.27. The Balaban J connectivity index is 1.68. The van der Waals surface area contributed by atoms with Crippen LogP contribution in [0.5, 0.6) is 5.75 Å². The summed E-state index contributed by atoms with van der Waals surface area (Å²) in [6.45, 7) is 6.04. The minimum atomic E-state index is -0.107. The normalized spacial score (nSPS) is 16.9. The van der Waals surface area contributed by atoms with E-state index in [4.69, 9.17) is 0 Å². The van der Waals surface area contributed by atoms with Gasteiger partial charge >= 0.3 is 0 Å². The van der Waals surface area contributed by atoms with Crippen molar-refractivity contribution in [2.45, 2.75) is 6.92 Å². The Kier molecular flexibility index (Phi) is 5.83. The number of aromatic hydroxyl groups is 1. The van der Waals surface area contributed by atoms with Crippen molar-refractivity contribution in [3.63, 3.8) is 0 Å². The highest BCUT2D eigenvalue weighted by molar-refractivity contribution is 8.18. The summed E-state index contributed by atoms with van der Waals surface area (Å²) < 4.78 is 0. The highest BCUT2D eigenvalue weighted by atomic mass is 32.2. The fourth-order valence-corrected chi connectivity index (χ4v) is 4.80. The van der Waals surface area contributed by atoms with Gasteiger partial charge in [0.2, 0.25) is 5.13 Å². The first kappa shape index (κ1) is 20.1. The van der Waals surface area contributed by atoms with E-state index < -0.39 is 0 Å². The zero-order chi connectivity index (χ0) is 21.1. The topological polar surface area (TPSA) is 65.8 Å². The van der Waals surface area contributed by atoms with Gasteiger partial charge in [-0.3, -0.25) is 9.69 Å². The summed E-state index contributed by atoms with van der Waals surface area (Å²) >= 11 is 2.78. The molecule has 1 amide bonds. The molecule has 0 unspecified atom stereocenters. The summed E-state index contributed by atoms with van der Waals surface area (Å²) in [5.41, 5.74) is 3.61. The number of amidine groups is 1. The molecule has 4 rings (SSSR count). The molecular weight excluding hydrogens is 414 g/mol. The van der Waals surface area contributed by atoms with Gasteiger partial charge in [-0.05, 0) is 42.0 Å². The van der Waals surface area contributed by atoms with Crippen molar-refractivity contribution in [3.8, 4) is 17.0 Å². The van der Waals surface area contributed by atoms with E-state index in [1.165, 1.54) is 23.1 Å². The molecule has 0 aliphatic carbocycles. The van der Waals surface area contributed by atoms with Gasteiger partial charge in [-0.1, -0.05) is 48.5 Å². The van der Waals surface area contributed by atoms with Gasteiger partial charge in [-0.2, -0.15) is 4.99 Å². The summed E-state index contributed by atoms with van der Waals surface area (Å²) in [6, 6.07) is 16.7. The summed E-state index contributed by atoms with van der Waals surface area (Å²) in [7, 11) is 0. The molecule has 1 fully saturated rings. The summed E-state index contributed by atoms with van der Waals surface area (Å²) in [5, 5.41) is 12.7. The minimum absolute atomic E-state index is 0.107. The van der Waals surface area contributed by atoms with Gasteiger partial charge in [-0.25, -0.2) is 4.98 Å². The van der Waals surface area contributed by atoms with Crippen LogP contribution in [-0.2, 0) is 4.79 Å². The number of hydrogen-bond acceptors (Lipinski definition) is 6. The number of thiazole rings is 1. The van der Waals surface area contributed by atoms with Gasteiger partial charge < -0.3 is 5.11 Å². The summed E-state index contributed by atoms with van der Waals surface area (Å²) in [5.74, 6) is 0.0829. The Labute approximate surface area is 183 Å². The van der Waals surface area contributed by atoms with E-state index in [9.17, 15) is 9.90 Å². The van der Waals surface area contributed by atoms with Crippen LogP contribution in [0.3, 0.4) is 0 Å². The average molecular weight is 434 g/mol. The van der Waals surface area contributed by atoms with Gasteiger partial charge in [0, 0.05) is 17.5 Å². The molecule has 7 heteroatoms. The monoisotopic (exact) mass is 433 g/mol. The van der Waals surface area contributed by atoms with Crippen molar-refractivity contribution < 1.29 is 9.90 Å². The number of rotatable bonds is 5. The van der Waals surface area contributed by atoms with Crippen LogP contribution >= 0.6 is 23.1 Å². The highest BCUT2D eigenvalue weighted by Crippen LogP contribution is 2.38. The maximum atomic E-state index is 13.1. The molecule has 150 valence electrons. The quantitative estimate of drug-likeness (QED) is 0.414. The van der Waals surface area contributed by atoms with E-state index in [-0.39, 0.29) is 11.7 Å². The second-order valence-electron chi connectivity index (χ2n) is 6.58. The second kappa shape index (κ2) is 8.69. The number of phenols is 1. The van der Waals surface area contributed by atoms with Crippen molar-refractivity contribution in [3.05, 3.63) is 83.1 Å². The van der Waals surface area contributed by atoms with Gasteiger partial charge in [0.15, 0.2) is 5.17 Å². The van der Waals surface area contributed by atoms with Crippen LogP contribution in [0.4, 0.5) is 5.13 Å². The number of allylic oxidation sites excluding steroid dienone is 1. The largest absolute Gasteiger partial charge is 0.508 e. The predicted octanol–water partition coefficient (Wildman–Crippen LogP) is 5.70. The van der Waals surface area contributed by atoms with Gasteiger partial charge in [-0.15, -0.1) is 17.9 Å². The zero-order valence-corrected chi connectivity index (χ0v) is 17.9. The Hall–Kier alpha value is -3.16. The highest BCUT2D eigenvalue weighted by Gasteiger charge is 2.34. The summed E-state index contributed by atoms with van der Waals surface area (Å²) in [6.07, 6.45) is 1.68. The molecule has 2 aromatic carbocycles. The Morgan fingerprint density at radius 3 is 2.63 bits per heavy atom. The fourth-order valence-electron chi connectivity index (χ4n) is 2.99. The molecule has 3 aromatic rings. The molecule has 0 bridgehead atoms. The molecule has 0 saturated carbocycles. The SMILES string of the molecule is C=CCN1C(=O)/C(=C(\C)c2ccc(O)cc2)S/C1=N/c1nc(-c2ccccc2)cs1. The Bertz CT molecular complexity index is 1150. The number of aromatic nitrogens is 1. The number of aliphatic imine (C=N–C) groups is 1. The van der Waals surface area contributed by atoms with Crippen molar-refractivity contribution >= 4 is 44.9 Å². The van der Waals surface area contributed by atoms with E-state index in [1.807, 2.05) is 42.6 Å². The van der Waals surface area contributed by atoms with Gasteiger partial charge in [0.1, 0.15) is 5.75 Å². The van der Waals surface area contributed by atoms with Crippen LogP contribution in [0.25, 0.3) is 16.8 Å². The third-order valence-corrected chi connectivity index (χ3v) is 6.48. The molecule has 1 aromatic heterocycles. The lowest BCUT2D eigenvalue weighted by Gasteiger charge is -2.12. The average Bonchev–Trinajstić information content (AvgIpc) is 3.35. The molecule has 30 heavy (non-hydrogen) atoms. The number of carbonyl (C=O) groups is 1. The minimum Gasteiger partial charge on any atom is -0.508 e. The third-order valence-electron chi connectivity index (χ3n) is 4.57. The van der Waals surface area contributed by atoms with Crippen LogP contribution in [0.2, 0.25) is 0 Å². The second-order valence-corrected chi connectivity index (χ2v) is 8.40. The van der Waals surface area contributed by atoms with Gasteiger partial charge in [0.25, 0.3) is 5.91 Å². The third kappa shape index (κ3) is 4.08. The maximum absolute atomic E-state index is 13.1. The fraction of sp³-hybridized carbons (Fsp3) is 0.0870. The number of nitrogens with zero attached hydrogens (tertiary/aromatic N) is 3. The van der Waals surface area contributed by atoms with E-state index in [2.05, 4.69) is 16.6 Å². The molecule has 0 spiro atoms. The molecule has 1 N–H and O–H groups in total. The van der Waals surface area contributed by atoms with Crippen LogP contribution in [0.1, 0.15) is 12.5 Å². The van der Waals surface area contributed by atoms with Crippen molar-refractivity contribution in [2.75, 3.05) is 6.54 Å². The first-order valence-corrected chi connectivity index (χ1v) is 11.0. The van der Waals surface area contributed by atoms with E-state index in [1.54, 1.807) is 35.2 Å². The lowest BCUT2D eigenvalue weighted by atomic mass is 10.1.